The van der Waals surface area contributed by atoms with Crippen LogP contribution in [0, 0.1) is 5.92 Å². The normalized spacial score (nSPS) is 22.7. The topological polar surface area (TPSA) is 66.6 Å². The number of nitrogens with zero attached hydrogens (tertiary/aromatic N) is 2. The Hall–Kier alpha value is -1.88. The molecule has 0 aliphatic carbocycles. The molecule has 0 bridgehead atoms. The van der Waals surface area contributed by atoms with Crippen molar-refractivity contribution in [1.82, 2.24) is 9.80 Å². The van der Waals surface area contributed by atoms with Crippen LogP contribution >= 0.6 is 0 Å². The number of carbonyl (C=O) groups is 2. The van der Waals surface area contributed by atoms with Crippen molar-refractivity contribution in [3.05, 3.63) is 35.9 Å². The van der Waals surface area contributed by atoms with Gasteiger partial charge in [0.2, 0.25) is 11.8 Å². The fourth-order valence-electron chi connectivity index (χ4n) is 3.44. The molecule has 2 aliphatic heterocycles. The van der Waals surface area contributed by atoms with Gasteiger partial charge in [0.25, 0.3) is 0 Å². The smallest absolute Gasteiger partial charge is 0.227 e. The SMILES string of the molecule is NC1CCN(C(=O)C2CC(=O)N(CCc3ccccc3)C2)CC1. The molecule has 1 unspecified atom stereocenters. The van der Waals surface area contributed by atoms with E-state index in [2.05, 4.69) is 12.1 Å². The summed E-state index contributed by atoms with van der Waals surface area (Å²) < 4.78 is 0. The van der Waals surface area contributed by atoms with Crippen LogP contribution in [-0.2, 0) is 16.0 Å². The van der Waals surface area contributed by atoms with Crippen molar-refractivity contribution in [2.45, 2.75) is 31.7 Å². The summed E-state index contributed by atoms with van der Waals surface area (Å²) in [6, 6.07) is 10.4. The maximum absolute atomic E-state index is 12.6. The highest BCUT2D eigenvalue weighted by molar-refractivity contribution is 5.89. The molecule has 0 aromatic heterocycles. The highest BCUT2D eigenvalue weighted by Gasteiger charge is 2.36. The van der Waals surface area contributed by atoms with E-state index in [0.29, 0.717) is 19.5 Å². The number of rotatable bonds is 4. The molecule has 2 amide bonds. The monoisotopic (exact) mass is 315 g/mol. The fraction of sp³-hybridized carbons (Fsp3) is 0.556. The van der Waals surface area contributed by atoms with Gasteiger partial charge < -0.3 is 15.5 Å². The van der Waals surface area contributed by atoms with Gasteiger partial charge >= 0.3 is 0 Å². The van der Waals surface area contributed by atoms with Gasteiger partial charge in [-0.05, 0) is 24.8 Å². The average molecular weight is 315 g/mol. The van der Waals surface area contributed by atoms with Crippen molar-refractivity contribution in [3.63, 3.8) is 0 Å². The lowest BCUT2D eigenvalue weighted by atomic mass is 10.0. The molecule has 0 spiro atoms. The van der Waals surface area contributed by atoms with Crippen LogP contribution in [0.5, 0.6) is 0 Å². The van der Waals surface area contributed by atoms with Gasteiger partial charge in [0.05, 0.1) is 5.92 Å². The minimum absolute atomic E-state index is 0.105. The summed E-state index contributed by atoms with van der Waals surface area (Å²) in [5, 5.41) is 0. The molecular weight excluding hydrogens is 290 g/mol. The maximum Gasteiger partial charge on any atom is 0.227 e. The molecule has 2 N–H and O–H groups in total. The summed E-state index contributed by atoms with van der Waals surface area (Å²) in [6.45, 7) is 2.72. The Morgan fingerprint density at radius 1 is 1.17 bits per heavy atom. The molecule has 5 heteroatoms. The average Bonchev–Trinajstić information content (AvgIpc) is 2.95. The molecule has 2 saturated heterocycles. The molecule has 0 saturated carbocycles. The van der Waals surface area contributed by atoms with Crippen molar-refractivity contribution in [2.24, 2.45) is 11.7 Å². The van der Waals surface area contributed by atoms with Gasteiger partial charge in [0.15, 0.2) is 0 Å². The number of likely N-dealkylation sites (tertiary alicyclic amines) is 2. The molecule has 1 aromatic rings. The number of benzene rings is 1. The minimum atomic E-state index is -0.174. The first kappa shape index (κ1) is 16.0. The number of amides is 2. The molecular formula is C18H25N3O2. The largest absolute Gasteiger partial charge is 0.342 e. The molecule has 5 nitrogen and oxygen atoms in total. The van der Waals surface area contributed by atoms with Crippen LogP contribution in [0.25, 0.3) is 0 Å². The van der Waals surface area contributed by atoms with Gasteiger partial charge in [-0.15, -0.1) is 0 Å². The highest BCUT2D eigenvalue weighted by atomic mass is 16.2. The second-order valence-corrected chi connectivity index (χ2v) is 6.64. The summed E-state index contributed by atoms with van der Waals surface area (Å²) in [4.78, 5) is 28.5. The van der Waals surface area contributed by atoms with E-state index in [1.54, 1.807) is 0 Å². The van der Waals surface area contributed by atoms with E-state index in [0.717, 1.165) is 32.4 Å². The van der Waals surface area contributed by atoms with Crippen molar-refractivity contribution in [1.29, 1.82) is 0 Å². The molecule has 124 valence electrons. The van der Waals surface area contributed by atoms with Crippen molar-refractivity contribution in [3.8, 4) is 0 Å². The number of hydrogen-bond acceptors (Lipinski definition) is 3. The summed E-state index contributed by atoms with van der Waals surface area (Å²) in [5.74, 6) is 0.0630. The van der Waals surface area contributed by atoms with Gasteiger partial charge in [-0.1, -0.05) is 30.3 Å². The zero-order valence-corrected chi connectivity index (χ0v) is 13.5. The second-order valence-electron chi connectivity index (χ2n) is 6.64. The van der Waals surface area contributed by atoms with Crippen LogP contribution in [-0.4, -0.2) is 53.8 Å². The number of piperidine rings is 1. The first-order valence-electron chi connectivity index (χ1n) is 8.49. The van der Waals surface area contributed by atoms with Crippen molar-refractivity contribution in [2.75, 3.05) is 26.2 Å². The quantitative estimate of drug-likeness (QED) is 0.902. The van der Waals surface area contributed by atoms with Crippen LogP contribution in [0.1, 0.15) is 24.8 Å². The summed E-state index contributed by atoms with van der Waals surface area (Å²) in [5.41, 5.74) is 7.11. The lowest BCUT2D eigenvalue weighted by molar-refractivity contribution is -0.136. The van der Waals surface area contributed by atoms with Gasteiger partial charge in [-0.3, -0.25) is 9.59 Å². The Bertz CT molecular complexity index is 553. The van der Waals surface area contributed by atoms with E-state index in [4.69, 9.17) is 5.73 Å². The number of nitrogens with two attached hydrogens (primary N) is 1. The minimum Gasteiger partial charge on any atom is -0.342 e. The molecule has 2 fully saturated rings. The second kappa shape index (κ2) is 7.13. The zero-order valence-electron chi connectivity index (χ0n) is 13.5. The fourth-order valence-corrected chi connectivity index (χ4v) is 3.44. The highest BCUT2D eigenvalue weighted by Crippen LogP contribution is 2.22. The third kappa shape index (κ3) is 3.91. The van der Waals surface area contributed by atoms with E-state index < -0.39 is 0 Å². The number of hydrogen-bond donors (Lipinski definition) is 1. The van der Waals surface area contributed by atoms with Gasteiger partial charge in [-0.2, -0.15) is 0 Å². The van der Waals surface area contributed by atoms with Gasteiger partial charge in [0, 0.05) is 38.6 Å². The Morgan fingerprint density at radius 3 is 2.57 bits per heavy atom. The van der Waals surface area contributed by atoms with Gasteiger partial charge in [0.1, 0.15) is 0 Å². The molecule has 3 rings (SSSR count). The Morgan fingerprint density at radius 2 is 1.87 bits per heavy atom. The molecule has 1 atom stereocenters. The molecule has 1 aromatic carbocycles. The summed E-state index contributed by atoms with van der Waals surface area (Å²) in [7, 11) is 0. The van der Waals surface area contributed by atoms with E-state index in [1.165, 1.54) is 5.56 Å². The standard InChI is InChI=1S/C18H25N3O2/c19-16-7-10-20(11-8-16)18(23)15-12-17(22)21(13-15)9-6-14-4-2-1-3-5-14/h1-5,15-16H,6-13,19H2. The lowest BCUT2D eigenvalue weighted by Crippen LogP contribution is -2.45. The van der Waals surface area contributed by atoms with Crippen LogP contribution in [0.2, 0.25) is 0 Å². The van der Waals surface area contributed by atoms with Gasteiger partial charge in [-0.25, -0.2) is 0 Å². The van der Waals surface area contributed by atoms with E-state index in [-0.39, 0.29) is 23.8 Å². The van der Waals surface area contributed by atoms with E-state index in [1.807, 2.05) is 28.0 Å². The Balaban J connectivity index is 1.51. The molecule has 0 radical (unpaired) electrons. The first-order valence-corrected chi connectivity index (χ1v) is 8.49. The Kier molecular flexibility index (Phi) is 4.96. The van der Waals surface area contributed by atoms with E-state index in [9.17, 15) is 9.59 Å². The van der Waals surface area contributed by atoms with Crippen LogP contribution in [0.15, 0.2) is 30.3 Å². The first-order chi connectivity index (χ1) is 11.1. The van der Waals surface area contributed by atoms with Crippen LogP contribution in [0.4, 0.5) is 0 Å². The Labute approximate surface area is 137 Å². The molecule has 23 heavy (non-hydrogen) atoms. The zero-order chi connectivity index (χ0) is 16.2. The van der Waals surface area contributed by atoms with Crippen LogP contribution in [0.3, 0.4) is 0 Å². The third-order valence-electron chi connectivity index (χ3n) is 4.93. The van der Waals surface area contributed by atoms with Crippen molar-refractivity contribution >= 4 is 11.8 Å². The predicted molar refractivity (Wildman–Crippen MR) is 88.6 cm³/mol. The number of carbonyl (C=O) groups excluding carboxylic acids is 2. The predicted octanol–water partition coefficient (Wildman–Crippen LogP) is 1.03. The summed E-state index contributed by atoms with van der Waals surface area (Å²) >= 11 is 0. The lowest BCUT2D eigenvalue weighted by Gasteiger charge is -2.31. The third-order valence-corrected chi connectivity index (χ3v) is 4.93. The van der Waals surface area contributed by atoms with E-state index >= 15 is 0 Å². The van der Waals surface area contributed by atoms with Crippen LogP contribution < -0.4 is 5.73 Å². The summed E-state index contributed by atoms with van der Waals surface area (Å²) in [6.07, 6.45) is 2.93. The van der Waals surface area contributed by atoms with Crippen molar-refractivity contribution < 1.29 is 9.59 Å². The molecule has 2 aliphatic rings. The maximum atomic E-state index is 12.6. The molecule has 2 heterocycles.